The van der Waals surface area contributed by atoms with Crippen LogP contribution in [-0.4, -0.2) is 62.7 Å². The van der Waals surface area contributed by atoms with Gasteiger partial charge in [-0.2, -0.15) is 5.10 Å². The quantitative estimate of drug-likeness (QED) is 0.416. The van der Waals surface area contributed by atoms with Crippen LogP contribution in [0.4, 0.5) is 14.6 Å². The average Bonchev–Trinajstić information content (AvgIpc) is 3.31. The number of ether oxygens (including phenoxy) is 2. The highest BCUT2D eigenvalue weighted by molar-refractivity contribution is 5.83. The highest BCUT2D eigenvalue weighted by atomic mass is 19.1. The molecular weight excluding hydrogens is 470 g/mol. The van der Waals surface area contributed by atoms with Crippen molar-refractivity contribution >= 4 is 16.9 Å². The molecular formula is C25H26F2N6O3. The van der Waals surface area contributed by atoms with E-state index in [4.69, 9.17) is 19.4 Å². The number of halogens is 2. The van der Waals surface area contributed by atoms with E-state index in [1.54, 1.807) is 23.1 Å². The van der Waals surface area contributed by atoms with E-state index in [1.165, 1.54) is 19.2 Å². The largest absolute Gasteiger partial charge is 0.487 e. The summed E-state index contributed by atoms with van der Waals surface area (Å²) in [5.41, 5.74) is 3.14. The summed E-state index contributed by atoms with van der Waals surface area (Å²) in [7, 11) is 3.35. The summed E-state index contributed by atoms with van der Waals surface area (Å²) in [6, 6.07) is 5.04. The first-order valence-electron chi connectivity index (χ1n) is 11.6. The third kappa shape index (κ3) is 4.98. The number of pyridine rings is 1. The van der Waals surface area contributed by atoms with Crippen molar-refractivity contribution < 1.29 is 23.4 Å². The lowest BCUT2D eigenvalue weighted by molar-refractivity contribution is 0.0618. The molecule has 1 aliphatic heterocycles. The number of aromatic nitrogens is 5. The third-order valence-corrected chi connectivity index (χ3v) is 6.13. The predicted octanol–water partition coefficient (Wildman–Crippen LogP) is 3.43. The first-order valence-corrected chi connectivity index (χ1v) is 11.6. The van der Waals surface area contributed by atoms with Gasteiger partial charge in [0, 0.05) is 57.9 Å². The lowest BCUT2D eigenvalue weighted by Crippen LogP contribution is -2.39. The molecule has 1 fully saturated rings. The van der Waals surface area contributed by atoms with E-state index in [9.17, 15) is 13.9 Å². The van der Waals surface area contributed by atoms with Gasteiger partial charge in [-0.3, -0.25) is 9.67 Å². The summed E-state index contributed by atoms with van der Waals surface area (Å²) in [4.78, 5) is 16.2. The van der Waals surface area contributed by atoms with Crippen LogP contribution in [0.3, 0.4) is 0 Å². The topological polar surface area (TPSA) is 98.4 Å². The number of rotatable bonds is 7. The number of benzene rings is 1. The van der Waals surface area contributed by atoms with Gasteiger partial charge in [0.25, 0.3) is 0 Å². The number of hydrogen-bond acceptors (Lipinski definition) is 8. The molecule has 5 rings (SSSR count). The molecule has 0 amide bonds. The van der Waals surface area contributed by atoms with E-state index in [2.05, 4.69) is 15.0 Å². The third-order valence-electron chi connectivity index (χ3n) is 6.13. The Hall–Kier alpha value is -3.70. The molecule has 0 unspecified atom stereocenters. The molecule has 1 N–H and O–H groups in total. The van der Waals surface area contributed by atoms with Gasteiger partial charge in [0.1, 0.15) is 29.2 Å². The number of anilines is 1. The predicted molar refractivity (Wildman–Crippen MR) is 129 cm³/mol. The molecule has 0 bridgehead atoms. The normalized spacial score (nSPS) is 15.4. The highest BCUT2D eigenvalue weighted by Crippen LogP contribution is 2.32. The Labute approximate surface area is 206 Å². The van der Waals surface area contributed by atoms with E-state index < -0.39 is 17.7 Å². The molecule has 0 saturated carbocycles. The highest BCUT2D eigenvalue weighted by Gasteiger charge is 2.26. The Morgan fingerprint density at radius 1 is 1.11 bits per heavy atom. The van der Waals surface area contributed by atoms with Gasteiger partial charge in [-0.25, -0.2) is 18.7 Å². The van der Waals surface area contributed by atoms with Crippen molar-refractivity contribution in [2.75, 3.05) is 31.7 Å². The molecule has 3 aromatic heterocycles. The van der Waals surface area contributed by atoms with Crippen molar-refractivity contribution in [3.8, 4) is 17.0 Å². The number of nitrogens with zero attached hydrogens (tertiary/aromatic N) is 6. The Bertz CT molecular complexity index is 1370. The zero-order chi connectivity index (χ0) is 25.2. The molecule has 1 saturated heterocycles. The van der Waals surface area contributed by atoms with Crippen molar-refractivity contribution in [1.29, 1.82) is 0 Å². The summed E-state index contributed by atoms with van der Waals surface area (Å²) in [5, 5.41) is 14.6. The number of aliphatic hydroxyl groups is 1. The van der Waals surface area contributed by atoms with Crippen LogP contribution >= 0.6 is 0 Å². The molecule has 1 atom stereocenters. The maximum atomic E-state index is 14.0. The van der Waals surface area contributed by atoms with E-state index in [0.29, 0.717) is 54.2 Å². The second kappa shape index (κ2) is 10.1. The smallest absolute Gasteiger partial charge is 0.167 e. The SMILES string of the molecule is COC[C@@H](O)c1cc2nc(N3CCC(Oc4ccc(F)cc4F)CC3)c(-c3cnn(C)c3)nc2cn1. The maximum absolute atomic E-state index is 14.0. The second-order valence-electron chi connectivity index (χ2n) is 8.75. The number of piperidine rings is 1. The van der Waals surface area contributed by atoms with Crippen LogP contribution in [0.5, 0.6) is 5.75 Å². The number of aliphatic hydroxyl groups excluding tert-OH is 1. The van der Waals surface area contributed by atoms with Gasteiger partial charge in [-0.15, -0.1) is 0 Å². The number of methoxy groups -OCH3 is 1. The van der Waals surface area contributed by atoms with Gasteiger partial charge in [0.05, 0.1) is 30.2 Å². The fourth-order valence-corrected chi connectivity index (χ4v) is 4.29. The zero-order valence-corrected chi connectivity index (χ0v) is 19.9. The average molecular weight is 497 g/mol. The second-order valence-corrected chi connectivity index (χ2v) is 8.75. The van der Waals surface area contributed by atoms with Crippen LogP contribution < -0.4 is 9.64 Å². The molecule has 188 valence electrons. The Kier molecular flexibility index (Phi) is 6.75. The maximum Gasteiger partial charge on any atom is 0.167 e. The molecule has 1 aliphatic rings. The van der Waals surface area contributed by atoms with Gasteiger partial charge in [-0.1, -0.05) is 0 Å². The minimum atomic E-state index is -0.873. The van der Waals surface area contributed by atoms with E-state index in [0.717, 1.165) is 11.6 Å². The van der Waals surface area contributed by atoms with Crippen LogP contribution in [0.25, 0.3) is 22.3 Å². The van der Waals surface area contributed by atoms with E-state index in [-0.39, 0.29) is 18.5 Å². The molecule has 0 spiro atoms. The van der Waals surface area contributed by atoms with Crippen LogP contribution in [0, 0.1) is 11.6 Å². The van der Waals surface area contributed by atoms with Crippen molar-refractivity contribution in [2.24, 2.45) is 7.05 Å². The Morgan fingerprint density at radius 3 is 2.61 bits per heavy atom. The Morgan fingerprint density at radius 2 is 1.92 bits per heavy atom. The van der Waals surface area contributed by atoms with Gasteiger partial charge in [-0.05, 0) is 18.2 Å². The van der Waals surface area contributed by atoms with Crippen molar-refractivity contribution in [1.82, 2.24) is 24.7 Å². The number of fused-ring (bicyclic) bond motifs is 1. The molecule has 1 aromatic carbocycles. The summed E-state index contributed by atoms with van der Waals surface area (Å²) in [6.45, 7) is 1.32. The summed E-state index contributed by atoms with van der Waals surface area (Å²) in [5.74, 6) is -0.622. The summed E-state index contributed by atoms with van der Waals surface area (Å²) >= 11 is 0. The van der Waals surface area contributed by atoms with Gasteiger partial charge in [0.15, 0.2) is 17.4 Å². The number of hydrogen-bond donors (Lipinski definition) is 1. The molecule has 11 heteroatoms. The monoisotopic (exact) mass is 496 g/mol. The fraction of sp³-hybridized carbons (Fsp3) is 0.360. The first kappa shape index (κ1) is 24.0. The van der Waals surface area contributed by atoms with E-state index >= 15 is 0 Å². The minimum absolute atomic E-state index is 0.0473. The molecule has 0 aliphatic carbocycles. The van der Waals surface area contributed by atoms with Gasteiger partial charge in [0.2, 0.25) is 0 Å². The van der Waals surface area contributed by atoms with E-state index in [1.807, 2.05) is 13.2 Å². The molecule has 4 aromatic rings. The van der Waals surface area contributed by atoms with Crippen molar-refractivity contribution in [3.05, 3.63) is 60.2 Å². The van der Waals surface area contributed by atoms with Crippen LogP contribution in [-0.2, 0) is 11.8 Å². The molecule has 4 heterocycles. The zero-order valence-electron chi connectivity index (χ0n) is 19.9. The number of aryl methyl sites for hydroxylation is 1. The van der Waals surface area contributed by atoms with Crippen LogP contribution in [0.2, 0.25) is 0 Å². The lowest BCUT2D eigenvalue weighted by Gasteiger charge is -2.33. The lowest BCUT2D eigenvalue weighted by atomic mass is 10.1. The van der Waals surface area contributed by atoms with Crippen molar-refractivity contribution in [3.63, 3.8) is 0 Å². The fourth-order valence-electron chi connectivity index (χ4n) is 4.29. The van der Waals surface area contributed by atoms with Crippen LogP contribution in [0.1, 0.15) is 24.6 Å². The van der Waals surface area contributed by atoms with Crippen molar-refractivity contribution in [2.45, 2.75) is 25.0 Å². The summed E-state index contributed by atoms with van der Waals surface area (Å²) in [6.07, 6.45) is 5.36. The molecule has 9 nitrogen and oxygen atoms in total. The van der Waals surface area contributed by atoms with Gasteiger partial charge < -0.3 is 19.5 Å². The summed E-state index contributed by atoms with van der Waals surface area (Å²) < 4.78 is 39.8. The molecule has 0 radical (unpaired) electrons. The van der Waals surface area contributed by atoms with Crippen LogP contribution in [0.15, 0.2) is 42.9 Å². The minimum Gasteiger partial charge on any atom is -0.487 e. The Balaban J connectivity index is 1.43. The standard InChI is InChI=1S/C25H26F2N6O3/c1-32-13-15(11-29-32)24-25(31-19-10-20(22(34)14-35-2)28-12-21(19)30-24)33-7-5-17(6-8-33)36-23-4-3-16(26)9-18(23)27/h3-4,9-13,17,22,34H,5-8,14H2,1-2H3/t22-/m1/s1. The molecule has 36 heavy (non-hydrogen) atoms. The first-order chi connectivity index (χ1) is 17.4. The van der Waals surface area contributed by atoms with Gasteiger partial charge >= 0.3 is 0 Å².